The average molecular weight is 267 g/mol. The number of aliphatic hydroxyl groups excluding tert-OH is 1. The second-order valence-electron chi connectivity index (χ2n) is 5.68. The second-order valence-corrected chi connectivity index (χ2v) is 5.68. The van der Waals surface area contributed by atoms with Gasteiger partial charge in [-0.15, -0.1) is 0 Å². The lowest BCUT2D eigenvalue weighted by atomic mass is 9.86. The van der Waals surface area contributed by atoms with E-state index in [2.05, 4.69) is 0 Å². The molecule has 1 unspecified atom stereocenters. The van der Waals surface area contributed by atoms with Gasteiger partial charge in [0, 0.05) is 6.07 Å². The lowest BCUT2D eigenvalue weighted by molar-refractivity contribution is -0.385. The van der Waals surface area contributed by atoms with Crippen LogP contribution in [0.3, 0.4) is 0 Å². The Morgan fingerprint density at radius 2 is 2.05 bits per heavy atom. The number of nitro groups is 1. The van der Waals surface area contributed by atoms with Gasteiger partial charge in [0.15, 0.2) is 5.75 Å². The molecular formula is C14H21NO4. The molecule has 0 bridgehead atoms. The number of methoxy groups -OCH3 is 1. The molecule has 0 aliphatic heterocycles. The molecule has 5 nitrogen and oxygen atoms in total. The number of aryl methyl sites for hydroxylation is 1. The van der Waals surface area contributed by atoms with Gasteiger partial charge < -0.3 is 9.84 Å². The van der Waals surface area contributed by atoms with Crippen molar-refractivity contribution in [1.29, 1.82) is 0 Å². The van der Waals surface area contributed by atoms with Crippen LogP contribution in [-0.4, -0.2) is 23.2 Å². The lowest BCUT2D eigenvalue weighted by Gasteiger charge is -2.25. The molecular weight excluding hydrogens is 246 g/mol. The van der Waals surface area contributed by atoms with Crippen LogP contribution in [0.15, 0.2) is 18.2 Å². The highest BCUT2D eigenvalue weighted by Crippen LogP contribution is 2.29. The fraction of sp³-hybridized carbons (Fsp3) is 0.571. The van der Waals surface area contributed by atoms with E-state index in [-0.39, 0.29) is 16.9 Å². The van der Waals surface area contributed by atoms with Gasteiger partial charge in [-0.2, -0.15) is 0 Å². The summed E-state index contributed by atoms with van der Waals surface area (Å²) < 4.78 is 4.95. The zero-order valence-electron chi connectivity index (χ0n) is 11.8. The molecule has 106 valence electrons. The Bertz CT molecular complexity index is 451. The van der Waals surface area contributed by atoms with Crippen LogP contribution in [0, 0.1) is 15.5 Å². The molecule has 1 aromatic carbocycles. The molecule has 1 rings (SSSR count). The molecule has 0 spiro atoms. The molecule has 5 heteroatoms. The highest BCUT2D eigenvalue weighted by molar-refractivity contribution is 5.48. The smallest absolute Gasteiger partial charge is 0.311 e. The van der Waals surface area contributed by atoms with E-state index in [0.29, 0.717) is 12.8 Å². The van der Waals surface area contributed by atoms with Gasteiger partial charge in [-0.3, -0.25) is 10.1 Å². The van der Waals surface area contributed by atoms with Crippen LogP contribution in [0.1, 0.15) is 32.8 Å². The Kier molecular flexibility index (Phi) is 4.89. The molecule has 1 atom stereocenters. The summed E-state index contributed by atoms with van der Waals surface area (Å²) in [5.41, 5.74) is 0.610. The summed E-state index contributed by atoms with van der Waals surface area (Å²) in [5, 5.41) is 20.9. The predicted molar refractivity (Wildman–Crippen MR) is 73.4 cm³/mol. The van der Waals surface area contributed by atoms with Gasteiger partial charge in [0.2, 0.25) is 0 Å². The van der Waals surface area contributed by atoms with Crippen LogP contribution < -0.4 is 4.74 Å². The fourth-order valence-electron chi connectivity index (χ4n) is 1.77. The zero-order valence-corrected chi connectivity index (χ0v) is 11.8. The molecule has 1 N–H and O–H groups in total. The summed E-state index contributed by atoms with van der Waals surface area (Å²) in [5.74, 6) is 0.255. The number of rotatable bonds is 5. The van der Waals surface area contributed by atoms with Gasteiger partial charge in [-0.25, -0.2) is 0 Å². The summed E-state index contributed by atoms with van der Waals surface area (Å²) in [4.78, 5) is 10.5. The highest BCUT2D eigenvalue weighted by Gasteiger charge is 2.22. The van der Waals surface area contributed by atoms with Gasteiger partial charge in [-0.1, -0.05) is 26.8 Å². The normalized spacial score (nSPS) is 13.1. The number of hydrogen-bond acceptors (Lipinski definition) is 4. The van der Waals surface area contributed by atoms with E-state index >= 15 is 0 Å². The Morgan fingerprint density at radius 3 is 2.53 bits per heavy atom. The Balaban J connectivity index is 2.81. The third-order valence-electron chi connectivity index (χ3n) is 3.15. The fourth-order valence-corrected chi connectivity index (χ4v) is 1.77. The first kappa shape index (κ1) is 15.4. The number of nitro benzene ring substituents is 1. The number of benzene rings is 1. The van der Waals surface area contributed by atoms with Gasteiger partial charge >= 0.3 is 5.69 Å². The molecule has 0 fully saturated rings. The van der Waals surface area contributed by atoms with Crippen LogP contribution in [0.5, 0.6) is 5.75 Å². The second kappa shape index (κ2) is 6.02. The van der Waals surface area contributed by atoms with Crippen molar-refractivity contribution in [2.45, 2.75) is 39.7 Å². The Labute approximate surface area is 113 Å². The minimum Gasteiger partial charge on any atom is -0.490 e. The van der Waals surface area contributed by atoms with Crippen molar-refractivity contribution in [1.82, 2.24) is 0 Å². The first-order chi connectivity index (χ1) is 8.75. The van der Waals surface area contributed by atoms with E-state index in [1.54, 1.807) is 12.1 Å². The van der Waals surface area contributed by atoms with Crippen molar-refractivity contribution < 1.29 is 14.8 Å². The van der Waals surface area contributed by atoms with Crippen molar-refractivity contribution >= 4 is 5.69 Å². The first-order valence-corrected chi connectivity index (χ1v) is 6.25. The molecule has 0 aliphatic rings. The standard InChI is InChI=1S/C14H21NO4/c1-14(2,3)13(16)8-6-10-5-7-12(19-4)11(9-10)15(17)18/h5,7,9,13,16H,6,8H2,1-4H3. The third kappa shape index (κ3) is 4.21. The predicted octanol–water partition coefficient (Wildman–Crippen LogP) is 2.94. The van der Waals surface area contributed by atoms with Crippen molar-refractivity contribution in [3.8, 4) is 5.75 Å². The largest absolute Gasteiger partial charge is 0.490 e. The van der Waals surface area contributed by atoms with Gasteiger partial charge in [0.1, 0.15) is 0 Å². The molecule has 0 heterocycles. The van der Waals surface area contributed by atoms with E-state index in [0.717, 1.165) is 5.56 Å². The molecule has 0 saturated carbocycles. The average Bonchev–Trinajstić information content (AvgIpc) is 2.34. The molecule has 0 radical (unpaired) electrons. The summed E-state index contributed by atoms with van der Waals surface area (Å²) in [6, 6.07) is 4.90. The van der Waals surface area contributed by atoms with Gasteiger partial charge in [0.25, 0.3) is 0 Å². The quantitative estimate of drug-likeness (QED) is 0.657. The van der Waals surface area contributed by atoms with Crippen molar-refractivity contribution in [2.75, 3.05) is 7.11 Å². The lowest BCUT2D eigenvalue weighted by Crippen LogP contribution is -2.26. The molecule has 0 amide bonds. The maximum atomic E-state index is 10.9. The summed E-state index contributed by atoms with van der Waals surface area (Å²) >= 11 is 0. The van der Waals surface area contributed by atoms with Crippen LogP contribution in [0.4, 0.5) is 5.69 Å². The van der Waals surface area contributed by atoms with Crippen LogP contribution in [0.2, 0.25) is 0 Å². The molecule has 0 saturated heterocycles. The van der Waals surface area contributed by atoms with Crippen LogP contribution in [-0.2, 0) is 6.42 Å². The van der Waals surface area contributed by atoms with E-state index in [1.807, 2.05) is 20.8 Å². The van der Waals surface area contributed by atoms with E-state index in [1.165, 1.54) is 13.2 Å². The molecule has 1 aromatic rings. The van der Waals surface area contributed by atoms with Crippen molar-refractivity contribution in [2.24, 2.45) is 5.41 Å². The summed E-state index contributed by atoms with van der Waals surface area (Å²) in [7, 11) is 1.41. The third-order valence-corrected chi connectivity index (χ3v) is 3.15. The minimum absolute atomic E-state index is 0.0368. The zero-order chi connectivity index (χ0) is 14.6. The summed E-state index contributed by atoms with van der Waals surface area (Å²) in [6.07, 6.45) is 0.740. The van der Waals surface area contributed by atoms with Gasteiger partial charge in [0.05, 0.1) is 18.1 Å². The maximum Gasteiger partial charge on any atom is 0.311 e. The van der Waals surface area contributed by atoms with E-state index in [9.17, 15) is 15.2 Å². The van der Waals surface area contributed by atoms with Gasteiger partial charge in [-0.05, 0) is 29.9 Å². The van der Waals surface area contributed by atoms with Crippen LogP contribution in [0.25, 0.3) is 0 Å². The number of aliphatic hydroxyl groups is 1. The number of ether oxygens (including phenoxy) is 1. The number of nitrogens with zero attached hydrogens (tertiary/aromatic N) is 1. The van der Waals surface area contributed by atoms with Crippen molar-refractivity contribution in [3.05, 3.63) is 33.9 Å². The Morgan fingerprint density at radius 1 is 1.42 bits per heavy atom. The number of hydrogen-bond donors (Lipinski definition) is 1. The van der Waals surface area contributed by atoms with Crippen LogP contribution >= 0.6 is 0 Å². The minimum atomic E-state index is -0.456. The van der Waals surface area contributed by atoms with E-state index in [4.69, 9.17) is 4.74 Å². The Hall–Kier alpha value is -1.62. The maximum absolute atomic E-state index is 10.9. The monoisotopic (exact) mass is 267 g/mol. The molecule has 0 aliphatic carbocycles. The molecule has 0 aromatic heterocycles. The highest BCUT2D eigenvalue weighted by atomic mass is 16.6. The summed E-state index contributed by atoms with van der Waals surface area (Å²) in [6.45, 7) is 5.90. The van der Waals surface area contributed by atoms with E-state index < -0.39 is 11.0 Å². The van der Waals surface area contributed by atoms with Crippen molar-refractivity contribution in [3.63, 3.8) is 0 Å². The first-order valence-electron chi connectivity index (χ1n) is 6.25. The topological polar surface area (TPSA) is 72.6 Å². The SMILES string of the molecule is COc1ccc(CCC(O)C(C)(C)C)cc1[N+](=O)[O-]. The molecule has 19 heavy (non-hydrogen) atoms.